The molecule has 2 aromatic rings. The summed E-state index contributed by atoms with van der Waals surface area (Å²) in [5.41, 5.74) is 1.04. The maximum Gasteiger partial charge on any atom is 0.332 e. The first-order valence-corrected chi connectivity index (χ1v) is 12.5. The smallest absolute Gasteiger partial charge is 0.332 e. The number of hydrogen-bond acceptors (Lipinski definition) is 6. The summed E-state index contributed by atoms with van der Waals surface area (Å²) in [5.74, 6) is 1.09. The van der Waals surface area contributed by atoms with Gasteiger partial charge in [-0.3, -0.25) is 9.59 Å². The second kappa shape index (κ2) is 11.3. The van der Waals surface area contributed by atoms with Crippen molar-refractivity contribution in [2.45, 2.75) is 39.7 Å². The molecule has 0 unspecified atom stereocenters. The second-order valence-electron chi connectivity index (χ2n) is 8.60. The summed E-state index contributed by atoms with van der Waals surface area (Å²) < 4.78 is 17.2. The van der Waals surface area contributed by atoms with Gasteiger partial charge in [0.05, 0.1) is 25.5 Å². The monoisotopic (exact) mass is 495 g/mol. The quantitative estimate of drug-likeness (QED) is 0.490. The lowest BCUT2D eigenvalue weighted by atomic mass is 10.0. The number of benzene rings is 2. The number of carbonyl (C=O) groups is 3. The number of urea groups is 1. The second-order valence-corrected chi connectivity index (χ2v) is 8.60. The van der Waals surface area contributed by atoms with Crippen LogP contribution >= 0.6 is 0 Å². The summed E-state index contributed by atoms with van der Waals surface area (Å²) in [6, 6.07) is 12.0. The summed E-state index contributed by atoms with van der Waals surface area (Å²) in [7, 11) is 0. The minimum atomic E-state index is -0.301. The highest BCUT2D eigenvalue weighted by molar-refractivity contribution is 6.19. The molecule has 2 aromatic carbocycles. The Bertz CT molecular complexity index is 1070. The summed E-state index contributed by atoms with van der Waals surface area (Å²) in [4.78, 5) is 43.7. The maximum absolute atomic E-state index is 13.4. The molecule has 0 aromatic heterocycles. The Hall–Kier alpha value is -3.75. The number of amides is 4. The predicted octanol–water partition coefficient (Wildman–Crippen LogP) is 3.96. The van der Waals surface area contributed by atoms with Gasteiger partial charge in [-0.05, 0) is 57.9 Å². The number of imide groups is 1. The highest BCUT2D eigenvalue weighted by Gasteiger charge is 2.41. The van der Waals surface area contributed by atoms with E-state index in [1.807, 2.05) is 26.8 Å². The third kappa shape index (κ3) is 5.10. The van der Waals surface area contributed by atoms with Crippen molar-refractivity contribution >= 4 is 23.5 Å². The SMILES string of the molecule is CCOc1cc(C(=O)N2CCC(N3CC(=O)N(c4ccccc4)C3=O)CC2)cc(OCC)c1OCC. The van der Waals surface area contributed by atoms with E-state index in [9.17, 15) is 14.4 Å². The Labute approximate surface area is 211 Å². The van der Waals surface area contributed by atoms with Crippen molar-refractivity contribution in [3.8, 4) is 17.2 Å². The van der Waals surface area contributed by atoms with Crippen LogP contribution in [-0.4, -0.2) is 73.1 Å². The van der Waals surface area contributed by atoms with Gasteiger partial charge in [0.15, 0.2) is 11.5 Å². The Morgan fingerprint density at radius 1 is 0.889 bits per heavy atom. The van der Waals surface area contributed by atoms with Crippen molar-refractivity contribution in [3.63, 3.8) is 0 Å². The van der Waals surface area contributed by atoms with Gasteiger partial charge in [-0.1, -0.05) is 18.2 Å². The molecule has 0 N–H and O–H groups in total. The van der Waals surface area contributed by atoms with Gasteiger partial charge in [-0.25, -0.2) is 9.69 Å². The van der Waals surface area contributed by atoms with Gasteiger partial charge in [-0.15, -0.1) is 0 Å². The first-order valence-electron chi connectivity index (χ1n) is 12.5. The van der Waals surface area contributed by atoms with E-state index in [0.29, 0.717) is 74.3 Å². The zero-order valence-corrected chi connectivity index (χ0v) is 21.1. The lowest BCUT2D eigenvalue weighted by Gasteiger charge is -2.36. The van der Waals surface area contributed by atoms with Crippen LogP contribution in [0.1, 0.15) is 44.0 Å². The lowest BCUT2D eigenvalue weighted by molar-refractivity contribution is -0.116. The number of para-hydroxylation sites is 1. The highest BCUT2D eigenvalue weighted by atomic mass is 16.5. The van der Waals surface area contributed by atoms with Crippen LogP contribution in [0, 0.1) is 0 Å². The fraction of sp³-hybridized carbons (Fsp3) is 0.444. The average Bonchev–Trinajstić information content (AvgIpc) is 3.19. The van der Waals surface area contributed by atoms with Crippen LogP contribution in [0.25, 0.3) is 0 Å². The zero-order chi connectivity index (χ0) is 25.7. The maximum atomic E-state index is 13.4. The van der Waals surface area contributed by atoms with Crippen LogP contribution in [0.3, 0.4) is 0 Å². The molecule has 4 amide bonds. The first-order chi connectivity index (χ1) is 17.5. The minimum Gasteiger partial charge on any atom is -0.490 e. The molecule has 2 fully saturated rings. The zero-order valence-electron chi connectivity index (χ0n) is 21.1. The van der Waals surface area contributed by atoms with E-state index in [-0.39, 0.29) is 30.4 Å². The molecule has 0 aliphatic carbocycles. The molecule has 192 valence electrons. The fourth-order valence-corrected chi connectivity index (χ4v) is 4.71. The van der Waals surface area contributed by atoms with Crippen LogP contribution in [0.15, 0.2) is 42.5 Å². The summed E-state index contributed by atoms with van der Waals surface area (Å²) in [6.45, 7) is 7.95. The summed E-state index contributed by atoms with van der Waals surface area (Å²) in [6.07, 6.45) is 1.20. The van der Waals surface area contributed by atoms with E-state index >= 15 is 0 Å². The van der Waals surface area contributed by atoms with E-state index in [4.69, 9.17) is 14.2 Å². The topological polar surface area (TPSA) is 88.6 Å². The van der Waals surface area contributed by atoms with E-state index in [1.165, 1.54) is 4.90 Å². The van der Waals surface area contributed by atoms with Crippen LogP contribution in [0.4, 0.5) is 10.5 Å². The molecule has 2 heterocycles. The first kappa shape index (κ1) is 25.3. The third-order valence-electron chi connectivity index (χ3n) is 6.35. The molecule has 2 saturated heterocycles. The van der Waals surface area contributed by atoms with Crippen molar-refractivity contribution in [1.82, 2.24) is 9.80 Å². The van der Waals surface area contributed by atoms with Crippen LogP contribution < -0.4 is 19.1 Å². The Kier molecular flexibility index (Phi) is 7.97. The number of nitrogens with zero attached hydrogens (tertiary/aromatic N) is 3. The number of carbonyl (C=O) groups excluding carboxylic acids is 3. The predicted molar refractivity (Wildman–Crippen MR) is 135 cm³/mol. The van der Waals surface area contributed by atoms with E-state index < -0.39 is 0 Å². The molecule has 4 rings (SSSR count). The van der Waals surface area contributed by atoms with Gasteiger partial charge in [0, 0.05) is 24.7 Å². The van der Waals surface area contributed by atoms with Gasteiger partial charge >= 0.3 is 6.03 Å². The van der Waals surface area contributed by atoms with E-state index in [2.05, 4.69) is 0 Å². The van der Waals surface area contributed by atoms with Crippen molar-refractivity contribution in [3.05, 3.63) is 48.0 Å². The van der Waals surface area contributed by atoms with Gasteiger partial charge in [0.1, 0.15) is 6.54 Å². The molecule has 0 bridgehead atoms. The Morgan fingerprint density at radius 2 is 1.47 bits per heavy atom. The van der Waals surface area contributed by atoms with Crippen LogP contribution in [0.2, 0.25) is 0 Å². The molecule has 2 aliphatic heterocycles. The van der Waals surface area contributed by atoms with E-state index in [1.54, 1.807) is 46.2 Å². The van der Waals surface area contributed by atoms with E-state index in [0.717, 1.165) is 0 Å². The number of piperidine rings is 1. The molecule has 0 saturated carbocycles. The molecule has 0 radical (unpaired) electrons. The summed E-state index contributed by atoms with van der Waals surface area (Å²) in [5, 5.41) is 0. The number of ether oxygens (including phenoxy) is 3. The van der Waals surface area contributed by atoms with Gasteiger partial charge in [0.25, 0.3) is 11.8 Å². The average molecular weight is 496 g/mol. The number of hydrogen-bond donors (Lipinski definition) is 0. The third-order valence-corrected chi connectivity index (χ3v) is 6.35. The van der Waals surface area contributed by atoms with Gasteiger partial charge in [0.2, 0.25) is 5.75 Å². The van der Waals surface area contributed by atoms with Crippen molar-refractivity contribution in [2.24, 2.45) is 0 Å². The lowest BCUT2D eigenvalue weighted by Crippen LogP contribution is -2.48. The molecule has 2 aliphatic rings. The van der Waals surface area contributed by atoms with Gasteiger partial charge < -0.3 is 24.0 Å². The van der Waals surface area contributed by atoms with Crippen molar-refractivity contribution in [1.29, 1.82) is 0 Å². The largest absolute Gasteiger partial charge is 0.490 e. The molecule has 0 atom stereocenters. The molecule has 9 heteroatoms. The normalized spacial score (nSPS) is 16.5. The molecule has 36 heavy (non-hydrogen) atoms. The Morgan fingerprint density at radius 3 is 2.03 bits per heavy atom. The Balaban J connectivity index is 1.45. The highest BCUT2D eigenvalue weighted by Crippen LogP contribution is 2.39. The summed E-state index contributed by atoms with van der Waals surface area (Å²) >= 11 is 0. The standard InChI is InChI=1S/C27H33N3O6/c1-4-34-22-16-19(17-23(35-5-2)25(22)36-6-3)26(32)28-14-12-20(13-15-28)29-18-24(31)30(27(29)33)21-10-8-7-9-11-21/h7-11,16-17,20H,4-6,12-15,18H2,1-3H3. The van der Waals surface area contributed by atoms with Crippen LogP contribution in [0.5, 0.6) is 17.2 Å². The fourth-order valence-electron chi connectivity index (χ4n) is 4.71. The number of rotatable bonds is 9. The van der Waals surface area contributed by atoms with Crippen molar-refractivity contribution in [2.75, 3.05) is 44.4 Å². The molecule has 9 nitrogen and oxygen atoms in total. The molecular weight excluding hydrogens is 462 g/mol. The van der Waals surface area contributed by atoms with Crippen LogP contribution in [-0.2, 0) is 4.79 Å². The molecular formula is C27H33N3O6. The minimum absolute atomic E-state index is 0.0562. The van der Waals surface area contributed by atoms with Crippen molar-refractivity contribution < 1.29 is 28.6 Å². The van der Waals surface area contributed by atoms with Gasteiger partial charge in [-0.2, -0.15) is 0 Å². The molecule has 0 spiro atoms. The number of likely N-dealkylation sites (tertiary alicyclic amines) is 1. The number of anilines is 1.